The van der Waals surface area contributed by atoms with Crippen LogP contribution in [-0.2, 0) is 28.8 Å². The quantitative estimate of drug-likeness (QED) is 0.131. The van der Waals surface area contributed by atoms with Gasteiger partial charge in [-0.1, -0.05) is 13.8 Å². The number of aliphatic carboxylic acids is 3. The lowest BCUT2D eigenvalue weighted by molar-refractivity contribution is -0.148. The second-order valence-corrected chi connectivity index (χ2v) is 7.62. The number of carbonyl (C=O) groups is 6. The number of aliphatic hydroxyl groups excluding tert-OH is 1. The van der Waals surface area contributed by atoms with Gasteiger partial charge < -0.3 is 42.1 Å². The summed E-state index contributed by atoms with van der Waals surface area (Å²) in [7, 11) is 0. The summed E-state index contributed by atoms with van der Waals surface area (Å²) in [6.45, 7) is 4.59. The molecule has 0 spiro atoms. The summed E-state index contributed by atoms with van der Waals surface area (Å²) in [6, 6.07) is -6.15. The minimum absolute atomic E-state index is 0.0717. The third-order valence-electron chi connectivity index (χ3n) is 4.13. The first kappa shape index (κ1) is 28.7. The molecule has 0 aromatic rings. The van der Waals surface area contributed by atoms with Crippen LogP contribution >= 0.6 is 0 Å². The van der Waals surface area contributed by atoms with Gasteiger partial charge in [0.15, 0.2) is 0 Å². The molecule has 0 aliphatic rings. The number of amides is 3. The van der Waals surface area contributed by atoms with E-state index in [1.165, 1.54) is 0 Å². The first-order valence-electron chi connectivity index (χ1n) is 9.66. The molecular weight excluding hydrogens is 432 g/mol. The van der Waals surface area contributed by atoms with Crippen LogP contribution in [0.25, 0.3) is 0 Å². The van der Waals surface area contributed by atoms with E-state index < -0.39 is 78.7 Å². The Kier molecular flexibility index (Phi) is 11.9. The molecule has 0 aliphatic heterocycles. The predicted molar refractivity (Wildman–Crippen MR) is 107 cm³/mol. The third-order valence-corrected chi connectivity index (χ3v) is 4.13. The highest BCUT2D eigenvalue weighted by Gasteiger charge is 2.33. The fourth-order valence-electron chi connectivity index (χ4n) is 2.56. The van der Waals surface area contributed by atoms with Crippen LogP contribution < -0.4 is 21.7 Å². The van der Waals surface area contributed by atoms with Gasteiger partial charge in [0.05, 0.1) is 25.0 Å². The van der Waals surface area contributed by atoms with Crippen molar-refractivity contribution in [1.29, 1.82) is 0 Å². The Bertz CT molecular complexity index is 725. The number of nitrogens with two attached hydrogens (primary N) is 1. The van der Waals surface area contributed by atoms with E-state index >= 15 is 0 Å². The van der Waals surface area contributed by atoms with Crippen LogP contribution in [0.2, 0.25) is 0 Å². The van der Waals surface area contributed by atoms with Crippen LogP contribution in [0.1, 0.15) is 40.0 Å². The van der Waals surface area contributed by atoms with Gasteiger partial charge in [-0.25, -0.2) is 4.79 Å². The van der Waals surface area contributed by atoms with Crippen molar-refractivity contribution >= 4 is 35.6 Å². The van der Waals surface area contributed by atoms with Gasteiger partial charge >= 0.3 is 17.9 Å². The van der Waals surface area contributed by atoms with Gasteiger partial charge in [0.2, 0.25) is 17.7 Å². The summed E-state index contributed by atoms with van der Waals surface area (Å²) in [5.41, 5.74) is 5.49. The lowest BCUT2D eigenvalue weighted by Crippen LogP contribution is -2.60. The molecule has 9 N–H and O–H groups in total. The summed E-state index contributed by atoms with van der Waals surface area (Å²) >= 11 is 0. The summed E-state index contributed by atoms with van der Waals surface area (Å²) in [6.07, 6.45) is -3.05. The number of hydrogen-bond donors (Lipinski definition) is 8. The molecule has 5 unspecified atom stereocenters. The van der Waals surface area contributed by atoms with Crippen LogP contribution in [0.4, 0.5) is 0 Å². The van der Waals surface area contributed by atoms with Crippen molar-refractivity contribution in [2.45, 2.75) is 70.3 Å². The van der Waals surface area contributed by atoms with Gasteiger partial charge in [-0.3, -0.25) is 24.0 Å². The molecule has 14 heteroatoms. The van der Waals surface area contributed by atoms with Crippen LogP contribution in [0.5, 0.6) is 0 Å². The smallest absolute Gasteiger partial charge is 0.326 e. The van der Waals surface area contributed by atoms with Gasteiger partial charge in [-0.2, -0.15) is 0 Å². The molecule has 0 saturated heterocycles. The minimum Gasteiger partial charge on any atom is -0.481 e. The Morgan fingerprint density at radius 1 is 0.750 bits per heavy atom. The van der Waals surface area contributed by atoms with Crippen LogP contribution in [-0.4, -0.2) is 86.3 Å². The van der Waals surface area contributed by atoms with Crippen molar-refractivity contribution in [2.24, 2.45) is 11.7 Å². The largest absolute Gasteiger partial charge is 0.481 e. The molecule has 0 aromatic heterocycles. The Labute approximate surface area is 183 Å². The number of aliphatic hydroxyl groups is 1. The first-order valence-corrected chi connectivity index (χ1v) is 9.66. The number of nitrogens with one attached hydrogen (secondary N) is 3. The fraction of sp³-hybridized carbons (Fsp3) is 0.667. The molecule has 32 heavy (non-hydrogen) atoms. The standard InChI is InChI=1S/C18H30N4O10/c1-7(2)4-10(20-15(28)9(19)5-12(24)25)16(29)22-14(8(3)23)17(30)21-11(18(31)32)6-13(26)27/h7-11,14,23H,4-6,19H2,1-3H3,(H,20,28)(H,21,30)(H,22,29)(H,24,25)(H,26,27)(H,31,32). The molecule has 0 rings (SSSR count). The maximum Gasteiger partial charge on any atom is 0.326 e. The number of carbonyl (C=O) groups excluding carboxylic acids is 3. The normalized spacial score (nSPS) is 15.6. The number of hydrogen-bond acceptors (Lipinski definition) is 8. The SMILES string of the molecule is CC(C)CC(NC(=O)C(N)CC(=O)O)C(=O)NC(C(=O)NC(CC(=O)O)C(=O)O)C(C)O. The topological polar surface area (TPSA) is 245 Å². The number of carboxylic acids is 3. The van der Waals surface area contributed by atoms with Crippen LogP contribution in [0.15, 0.2) is 0 Å². The van der Waals surface area contributed by atoms with E-state index in [2.05, 4.69) is 10.6 Å². The van der Waals surface area contributed by atoms with Gasteiger partial charge in [-0.05, 0) is 19.3 Å². The Morgan fingerprint density at radius 2 is 1.25 bits per heavy atom. The van der Waals surface area contributed by atoms with E-state index in [-0.39, 0.29) is 12.3 Å². The minimum atomic E-state index is -1.81. The Balaban J connectivity index is 5.45. The average Bonchev–Trinajstić information content (AvgIpc) is 2.62. The summed E-state index contributed by atoms with van der Waals surface area (Å²) in [4.78, 5) is 69.9. The molecule has 5 atom stereocenters. The summed E-state index contributed by atoms with van der Waals surface area (Å²) in [5, 5.41) is 42.8. The van der Waals surface area contributed by atoms with Crippen molar-refractivity contribution in [3.63, 3.8) is 0 Å². The van der Waals surface area contributed by atoms with Crippen LogP contribution in [0, 0.1) is 5.92 Å². The van der Waals surface area contributed by atoms with Gasteiger partial charge in [-0.15, -0.1) is 0 Å². The van der Waals surface area contributed by atoms with E-state index in [0.29, 0.717) is 0 Å². The Morgan fingerprint density at radius 3 is 1.66 bits per heavy atom. The van der Waals surface area contributed by atoms with E-state index in [9.17, 15) is 33.9 Å². The second kappa shape index (κ2) is 13.2. The van der Waals surface area contributed by atoms with Gasteiger partial charge in [0, 0.05) is 0 Å². The van der Waals surface area contributed by atoms with Crippen molar-refractivity contribution in [2.75, 3.05) is 0 Å². The molecule has 3 amide bonds. The fourth-order valence-corrected chi connectivity index (χ4v) is 2.56. The second-order valence-electron chi connectivity index (χ2n) is 7.62. The molecule has 0 heterocycles. The number of rotatable bonds is 14. The summed E-state index contributed by atoms with van der Waals surface area (Å²) in [5.74, 6) is -7.56. The highest BCUT2D eigenvalue weighted by molar-refractivity contribution is 5.95. The molecule has 0 fully saturated rings. The monoisotopic (exact) mass is 462 g/mol. The van der Waals surface area contributed by atoms with Crippen molar-refractivity contribution in [3.8, 4) is 0 Å². The van der Waals surface area contributed by atoms with Gasteiger partial charge in [0.25, 0.3) is 0 Å². The van der Waals surface area contributed by atoms with Crippen molar-refractivity contribution in [3.05, 3.63) is 0 Å². The molecule has 0 radical (unpaired) electrons. The molecule has 0 aromatic carbocycles. The maximum absolute atomic E-state index is 12.7. The van der Waals surface area contributed by atoms with E-state index in [1.807, 2.05) is 5.32 Å². The van der Waals surface area contributed by atoms with Crippen LogP contribution in [0.3, 0.4) is 0 Å². The van der Waals surface area contributed by atoms with E-state index in [1.54, 1.807) is 13.8 Å². The van der Waals surface area contributed by atoms with E-state index in [4.69, 9.17) is 21.1 Å². The van der Waals surface area contributed by atoms with Crippen molar-refractivity contribution < 1.29 is 49.2 Å². The molecule has 0 saturated carbocycles. The van der Waals surface area contributed by atoms with Crippen molar-refractivity contribution in [1.82, 2.24) is 16.0 Å². The third kappa shape index (κ3) is 10.7. The zero-order valence-corrected chi connectivity index (χ0v) is 17.9. The molecule has 0 bridgehead atoms. The highest BCUT2D eigenvalue weighted by atomic mass is 16.4. The molecule has 182 valence electrons. The summed E-state index contributed by atoms with van der Waals surface area (Å²) < 4.78 is 0. The average molecular weight is 462 g/mol. The Hall–Kier alpha value is -3.26. The van der Waals surface area contributed by atoms with E-state index in [0.717, 1.165) is 6.92 Å². The number of carboxylic acid groups (broad SMARTS) is 3. The zero-order valence-electron chi connectivity index (χ0n) is 17.9. The predicted octanol–water partition coefficient (Wildman–Crippen LogP) is -2.77. The first-order chi connectivity index (χ1) is 14.6. The molecular formula is C18H30N4O10. The lowest BCUT2D eigenvalue weighted by atomic mass is 10.0. The van der Waals surface area contributed by atoms with Gasteiger partial charge in [0.1, 0.15) is 18.1 Å². The highest BCUT2D eigenvalue weighted by Crippen LogP contribution is 2.07. The maximum atomic E-state index is 12.7. The molecule has 0 aliphatic carbocycles. The zero-order chi connectivity index (χ0) is 25.2. The lowest BCUT2D eigenvalue weighted by Gasteiger charge is -2.27. The molecule has 14 nitrogen and oxygen atoms in total.